The van der Waals surface area contributed by atoms with Crippen molar-refractivity contribution < 1.29 is 4.74 Å². The van der Waals surface area contributed by atoms with Crippen LogP contribution in [0.1, 0.15) is 63.8 Å². The standard InChI is InChI=1S/C22H24N2O/c1-21(2,3)16-10-11-20(18(12-16)22(4,5)6)25-19-9-7-8-15(13-23)17(19)14-24/h7-12H,1-6H3. The van der Waals surface area contributed by atoms with Crippen LogP contribution in [0.4, 0.5) is 0 Å². The fourth-order valence-corrected chi connectivity index (χ4v) is 2.61. The number of nitriles is 2. The average molecular weight is 332 g/mol. The molecule has 0 atom stereocenters. The Bertz CT molecular complexity index is 869. The Balaban J connectivity index is 2.59. The monoisotopic (exact) mass is 332 g/mol. The summed E-state index contributed by atoms with van der Waals surface area (Å²) in [5, 5.41) is 18.6. The first-order chi connectivity index (χ1) is 11.6. The van der Waals surface area contributed by atoms with Gasteiger partial charge in [0.1, 0.15) is 29.2 Å². The van der Waals surface area contributed by atoms with E-state index in [-0.39, 0.29) is 16.4 Å². The zero-order valence-corrected chi connectivity index (χ0v) is 15.8. The van der Waals surface area contributed by atoms with Gasteiger partial charge in [-0.15, -0.1) is 0 Å². The molecule has 0 spiro atoms. The highest BCUT2D eigenvalue weighted by Crippen LogP contribution is 2.38. The third-order valence-corrected chi connectivity index (χ3v) is 4.13. The quantitative estimate of drug-likeness (QED) is 0.696. The van der Waals surface area contributed by atoms with Crippen LogP contribution >= 0.6 is 0 Å². The SMILES string of the molecule is CC(C)(C)c1ccc(Oc2cccc(C#N)c2C#N)c(C(C)(C)C)c1. The fourth-order valence-electron chi connectivity index (χ4n) is 2.61. The second kappa shape index (κ2) is 6.61. The number of rotatable bonds is 2. The lowest BCUT2D eigenvalue weighted by molar-refractivity contribution is 0.452. The molecule has 0 radical (unpaired) electrons. The third kappa shape index (κ3) is 4.01. The van der Waals surface area contributed by atoms with E-state index in [0.29, 0.717) is 17.1 Å². The summed E-state index contributed by atoms with van der Waals surface area (Å²) < 4.78 is 6.09. The molecule has 2 rings (SSSR count). The van der Waals surface area contributed by atoms with Gasteiger partial charge in [-0.1, -0.05) is 59.7 Å². The molecule has 0 saturated heterocycles. The molecule has 0 saturated carbocycles. The lowest BCUT2D eigenvalue weighted by Gasteiger charge is -2.27. The van der Waals surface area contributed by atoms with Crippen LogP contribution in [0.3, 0.4) is 0 Å². The van der Waals surface area contributed by atoms with Crippen LogP contribution in [0.2, 0.25) is 0 Å². The largest absolute Gasteiger partial charge is 0.456 e. The number of hydrogen-bond acceptors (Lipinski definition) is 3. The van der Waals surface area contributed by atoms with E-state index in [4.69, 9.17) is 4.74 Å². The Morgan fingerprint density at radius 3 is 2.00 bits per heavy atom. The molecule has 25 heavy (non-hydrogen) atoms. The second-order valence-corrected chi connectivity index (χ2v) is 8.22. The van der Waals surface area contributed by atoms with Gasteiger partial charge in [-0.25, -0.2) is 0 Å². The maximum atomic E-state index is 9.41. The lowest BCUT2D eigenvalue weighted by Crippen LogP contribution is -2.17. The van der Waals surface area contributed by atoms with E-state index in [1.54, 1.807) is 18.2 Å². The number of benzene rings is 2. The Kier molecular flexibility index (Phi) is 4.91. The van der Waals surface area contributed by atoms with E-state index >= 15 is 0 Å². The molecule has 0 heterocycles. The zero-order valence-electron chi connectivity index (χ0n) is 15.8. The molecule has 0 bridgehead atoms. The summed E-state index contributed by atoms with van der Waals surface area (Å²) >= 11 is 0. The molecule has 0 unspecified atom stereocenters. The molecule has 3 heteroatoms. The molecule has 0 amide bonds. The smallest absolute Gasteiger partial charge is 0.146 e. The van der Waals surface area contributed by atoms with Crippen LogP contribution in [0, 0.1) is 22.7 Å². The maximum absolute atomic E-state index is 9.41. The summed E-state index contributed by atoms with van der Waals surface area (Å²) in [6.45, 7) is 13.0. The second-order valence-electron chi connectivity index (χ2n) is 8.22. The molecular formula is C22H24N2O. The minimum atomic E-state index is -0.115. The van der Waals surface area contributed by atoms with Gasteiger partial charge in [0.15, 0.2) is 0 Å². The topological polar surface area (TPSA) is 56.8 Å². The van der Waals surface area contributed by atoms with Gasteiger partial charge in [-0.05, 0) is 34.6 Å². The van der Waals surface area contributed by atoms with Crippen molar-refractivity contribution in [2.45, 2.75) is 52.4 Å². The van der Waals surface area contributed by atoms with Crippen molar-refractivity contribution in [2.75, 3.05) is 0 Å². The van der Waals surface area contributed by atoms with Gasteiger partial charge in [0.05, 0.1) is 5.56 Å². The molecule has 2 aromatic carbocycles. The van der Waals surface area contributed by atoms with E-state index in [1.807, 2.05) is 12.1 Å². The lowest BCUT2D eigenvalue weighted by atomic mass is 9.80. The Hall–Kier alpha value is -2.78. The van der Waals surface area contributed by atoms with E-state index in [0.717, 1.165) is 5.56 Å². The number of ether oxygens (including phenoxy) is 1. The molecule has 128 valence electrons. The van der Waals surface area contributed by atoms with Gasteiger partial charge < -0.3 is 4.74 Å². The van der Waals surface area contributed by atoms with Crippen molar-refractivity contribution in [3.8, 4) is 23.6 Å². The number of nitrogens with zero attached hydrogens (tertiary/aromatic N) is 2. The Morgan fingerprint density at radius 2 is 1.48 bits per heavy atom. The zero-order chi connectivity index (χ0) is 18.8. The van der Waals surface area contributed by atoms with Crippen LogP contribution in [-0.2, 0) is 10.8 Å². The Morgan fingerprint density at radius 1 is 0.800 bits per heavy atom. The molecular weight excluding hydrogens is 308 g/mol. The average Bonchev–Trinajstić information content (AvgIpc) is 2.52. The summed E-state index contributed by atoms with van der Waals surface area (Å²) in [6, 6.07) is 15.4. The van der Waals surface area contributed by atoms with Gasteiger partial charge in [0.2, 0.25) is 0 Å². The minimum absolute atomic E-state index is 0.0388. The summed E-state index contributed by atoms with van der Waals surface area (Å²) in [7, 11) is 0. The molecule has 0 aliphatic carbocycles. The highest BCUT2D eigenvalue weighted by molar-refractivity contribution is 5.56. The van der Waals surface area contributed by atoms with Gasteiger partial charge in [-0.3, -0.25) is 0 Å². The predicted molar refractivity (Wildman–Crippen MR) is 99.8 cm³/mol. The van der Waals surface area contributed by atoms with Gasteiger partial charge in [-0.2, -0.15) is 10.5 Å². The first kappa shape index (κ1) is 18.6. The minimum Gasteiger partial charge on any atom is -0.456 e. The van der Waals surface area contributed by atoms with Gasteiger partial charge >= 0.3 is 0 Å². The van der Waals surface area contributed by atoms with Crippen LogP contribution < -0.4 is 4.74 Å². The summed E-state index contributed by atoms with van der Waals surface area (Å²) in [4.78, 5) is 0. The van der Waals surface area contributed by atoms with Crippen molar-refractivity contribution in [3.63, 3.8) is 0 Å². The van der Waals surface area contributed by atoms with Crippen LogP contribution in [-0.4, -0.2) is 0 Å². The predicted octanol–water partition coefficient (Wildman–Crippen LogP) is 5.82. The maximum Gasteiger partial charge on any atom is 0.146 e. The van der Waals surface area contributed by atoms with Crippen molar-refractivity contribution in [1.29, 1.82) is 10.5 Å². The third-order valence-electron chi connectivity index (χ3n) is 4.13. The van der Waals surface area contributed by atoms with Crippen molar-refractivity contribution in [3.05, 3.63) is 58.7 Å². The molecule has 0 aliphatic heterocycles. The van der Waals surface area contributed by atoms with E-state index < -0.39 is 0 Å². The fraction of sp³-hybridized carbons (Fsp3) is 0.364. The highest BCUT2D eigenvalue weighted by atomic mass is 16.5. The molecule has 2 aromatic rings. The van der Waals surface area contributed by atoms with Crippen molar-refractivity contribution in [2.24, 2.45) is 0 Å². The molecule has 3 nitrogen and oxygen atoms in total. The first-order valence-corrected chi connectivity index (χ1v) is 8.34. The van der Waals surface area contributed by atoms with E-state index in [9.17, 15) is 10.5 Å². The molecule has 0 aliphatic rings. The van der Waals surface area contributed by atoms with Gasteiger partial charge in [0, 0.05) is 5.56 Å². The molecule has 0 N–H and O–H groups in total. The van der Waals surface area contributed by atoms with E-state index in [1.165, 1.54) is 5.56 Å². The van der Waals surface area contributed by atoms with Crippen LogP contribution in [0.25, 0.3) is 0 Å². The van der Waals surface area contributed by atoms with Gasteiger partial charge in [0.25, 0.3) is 0 Å². The van der Waals surface area contributed by atoms with Crippen molar-refractivity contribution >= 4 is 0 Å². The van der Waals surface area contributed by atoms with Crippen LogP contribution in [0.5, 0.6) is 11.5 Å². The summed E-state index contributed by atoms with van der Waals surface area (Å²) in [5.74, 6) is 1.13. The summed E-state index contributed by atoms with van der Waals surface area (Å²) in [6.07, 6.45) is 0. The highest BCUT2D eigenvalue weighted by Gasteiger charge is 2.24. The molecule has 0 aromatic heterocycles. The summed E-state index contributed by atoms with van der Waals surface area (Å²) in [5.41, 5.74) is 2.82. The Labute approximate surface area is 150 Å². The van der Waals surface area contributed by atoms with E-state index in [2.05, 4.69) is 59.7 Å². The number of hydrogen-bond donors (Lipinski definition) is 0. The van der Waals surface area contributed by atoms with Crippen molar-refractivity contribution in [1.82, 2.24) is 0 Å². The molecule has 0 fully saturated rings. The first-order valence-electron chi connectivity index (χ1n) is 8.34. The normalized spacial score (nSPS) is 11.5. The van der Waals surface area contributed by atoms with Crippen LogP contribution in [0.15, 0.2) is 36.4 Å².